The van der Waals surface area contributed by atoms with Crippen LogP contribution in [-0.2, 0) is 0 Å². The summed E-state index contributed by atoms with van der Waals surface area (Å²) in [5, 5.41) is 0. The Kier molecular flexibility index (Phi) is 1.91. The lowest BCUT2D eigenvalue weighted by molar-refractivity contribution is 1.19. The van der Waals surface area contributed by atoms with Gasteiger partial charge in [-0.25, -0.2) is 29.9 Å². The molecule has 20 heavy (non-hydrogen) atoms. The fourth-order valence-corrected chi connectivity index (χ4v) is 1.92. The number of aromatic nitrogens is 8. The minimum Gasteiger partial charge on any atom is -0.382 e. The number of H-pyrrole nitrogens is 2. The van der Waals surface area contributed by atoms with Crippen LogP contribution in [0.25, 0.3) is 34.0 Å². The molecule has 0 spiro atoms. The first-order valence-corrected chi connectivity index (χ1v) is 5.65. The van der Waals surface area contributed by atoms with Crippen molar-refractivity contribution >= 4 is 34.0 Å². The fourth-order valence-electron chi connectivity index (χ4n) is 1.92. The summed E-state index contributed by atoms with van der Waals surface area (Å²) in [6.45, 7) is 0. The van der Waals surface area contributed by atoms with Gasteiger partial charge in [0.2, 0.25) is 0 Å². The van der Waals surface area contributed by atoms with E-state index in [1.807, 2.05) is 0 Å². The van der Waals surface area contributed by atoms with Crippen molar-refractivity contribution in [3.63, 3.8) is 0 Å². The summed E-state index contributed by atoms with van der Waals surface area (Å²) in [5.41, 5.74) is 13.5. The second-order valence-electron chi connectivity index (χ2n) is 4.09. The third-order valence-corrected chi connectivity index (χ3v) is 2.86. The van der Waals surface area contributed by atoms with Gasteiger partial charge in [0.05, 0.1) is 0 Å². The van der Waals surface area contributed by atoms with Crippen molar-refractivity contribution in [2.75, 3.05) is 11.5 Å². The Morgan fingerprint density at radius 1 is 0.700 bits per heavy atom. The first-order valence-electron chi connectivity index (χ1n) is 5.65. The molecule has 6 N–H and O–H groups in total. The summed E-state index contributed by atoms with van der Waals surface area (Å²) < 4.78 is 0. The van der Waals surface area contributed by atoms with Crippen LogP contribution in [0.5, 0.6) is 0 Å². The van der Waals surface area contributed by atoms with E-state index in [2.05, 4.69) is 39.9 Å². The van der Waals surface area contributed by atoms with E-state index in [4.69, 9.17) is 11.5 Å². The van der Waals surface area contributed by atoms with Crippen LogP contribution in [0.2, 0.25) is 0 Å². The average Bonchev–Trinajstić information content (AvgIpc) is 3.03. The van der Waals surface area contributed by atoms with Gasteiger partial charge in [0.25, 0.3) is 0 Å². The molecule has 4 aromatic rings. The third kappa shape index (κ3) is 1.38. The zero-order chi connectivity index (χ0) is 13.7. The molecule has 98 valence electrons. The molecular weight excluding hydrogens is 260 g/mol. The lowest BCUT2D eigenvalue weighted by atomic mass is 10.5. The Morgan fingerprint density at radius 3 is 1.55 bits per heavy atom. The predicted octanol–water partition coefficient (Wildman–Crippen LogP) is -0.149. The summed E-state index contributed by atoms with van der Waals surface area (Å²) in [5.74, 6) is 1.60. The van der Waals surface area contributed by atoms with E-state index in [0.29, 0.717) is 45.6 Å². The summed E-state index contributed by atoms with van der Waals surface area (Å²) >= 11 is 0. The maximum absolute atomic E-state index is 5.75. The molecule has 4 aromatic heterocycles. The Balaban J connectivity index is 1.96. The molecule has 0 aliphatic rings. The van der Waals surface area contributed by atoms with E-state index in [9.17, 15) is 0 Å². The van der Waals surface area contributed by atoms with E-state index in [1.165, 1.54) is 12.7 Å². The molecule has 0 aliphatic heterocycles. The van der Waals surface area contributed by atoms with Gasteiger partial charge in [-0.05, 0) is 0 Å². The fraction of sp³-hybridized carbons (Fsp3) is 0. The minimum absolute atomic E-state index is 0.323. The van der Waals surface area contributed by atoms with Gasteiger partial charge in [0.1, 0.15) is 23.7 Å². The molecule has 4 rings (SSSR count). The highest BCUT2D eigenvalue weighted by atomic mass is 15.1. The van der Waals surface area contributed by atoms with Gasteiger partial charge < -0.3 is 21.4 Å². The minimum atomic E-state index is 0.323. The quantitative estimate of drug-likeness (QED) is 0.370. The molecule has 10 heteroatoms. The molecule has 0 amide bonds. The standard InChI is InChI=1S/C10H8N10/c11-5-3-7(15-1-13-5)19-9(17-3)10-18-4-6(12)14-2-16-8(4)20-10/h1-2H,(H3,11,13,15,17,19)(H3,12,14,16,18,20). The molecule has 0 saturated carbocycles. The van der Waals surface area contributed by atoms with Crippen molar-refractivity contribution in [1.29, 1.82) is 0 Å². The number of nitrogen functional groups attached to an aromatic ring is 2. The van der Waals surface area contributed by atoms with Crippen molar-refractivity contribution in [1.82, 2.24) is 39.9 Å². The van der Waals surface area contributed by atoms with Crippen LogP contribution >= 0.6 is 0 Å². The largest absolute Gasteiger partial charge is 0.382 e. The third-order valence-electron chi connectivity index (χ3n) is 2.86. The predicted molar refractivity (Wildman–Crippen MR) is 71.2 cm³/mol. The highest BCUT2D eigenvalue weighted by Crippen LogP contribution is 2.22. The van der Waals surface area contributed by atoms with Crippen LogP contribution in [0.3, 0.4) is 0 Å². The van der Waals surface area contributed by atoms with Crippen molar-refractivity contribution in [2.45, 2.75) is 0 Å². The number of imidazole rings is 2. The Hall–Kier alpha value is -3.30. The monoisotopic (exact) mass is 268 g/mol. The maximum Gasteiger partial charge on any atom is 0.183 e. The second kappa shape index (κ2) is 3.60. The zero-order valence-corrected chi connectivity index (χ0v) is 9.99. The molecule has 0 aromatic carbocycles. The average molecular weight is 268 g/mol. The zero-order valence-electron chi connectivity index (χ0n) is 9.99. The van der Waals surface area contributed by atoms with Crippen LogP contribution in [0.1, 0.15) is 0 Å². The van der Waals surface area contributed by atoms with Crippen molar-refractivity contribution in [3.05, 3.63) is 12.7 Å². The van der Waals surface area contributed by atoms with Crippen LogP contribution in [0.4, 0.5) is 11.6 Å². The number of rotatable bonds is 1. The highest BCUT2D eigenvalue weighted by Gasteiger charge is 2.14. The van der Waals surface area contributed by atoms with E-state index in [-0.39, 0.29) is 0 Å². The molecule has 0 radical (unpaired) electrons. The van der Waals surface area contributed by atoms with Crippen LogP contribution in [0.15, 0.2) is 12.7 Å². The molecule has 0 unspecified atom stereocenters. The Labute approximate surface area is 110 Å². The topological polar surface area (TPSA) is 161 Å². The Morgan fingerprint density at radius 2 is 1.15 bits per heavy atom. The van der Waals surface area contributed by atoms with Crippen molar-refractivity contribution in [3.8, 4) is 11.6 Å². The summed E-state index contributed by atoms with van der Waals surface area (Å²) in [4.78, 5) is 30.5. The van der Waals surface area contributed by atoms with Gasteiger partial charge in [0.15, 0.2) is 34.6 Å². The summed E-state index contributed by atoms with van der Waals surface area (Å²) in [6, 6.07) is 0. The van der Waals surface area contributed by atoms with E-state index < -0.39 is 0 Å². The lowest BCUT2D eigenvalue weighted by Crippen LogP contribution is -1.92. The number of anilines is 2. The highest BCUT2D eigenvalue weighted by molar-refractivity contribution is 5.86. The first-order chi connectivity index (χ1) is 9.72. The number of nitrogens with two attached hydrogens (primary N) is 2. The smallest absolute Gasteiger partial charge is 0.183 e. The van der Waals surface area contributed by atoms with Crippen LogP contribution in [-0.4, -0.2) is 39.9 Å². The molecule has 10 nitrogen and oxygen atoms in total. The van der Waals surface area contributed by atoms with Gasteiger partial charge in [-0.2, -0.15) is 0 Å². The van der Waals surface area contributed by atoms with Gasteiger partial charge in [0, 0.05) is 0 Å². The van der Waals surface area contributed by atoms with Crippen molar-refractivity contribution in [2.24, 2.45) is 0 Å². The SMILES string of the molecule is Nc1ncnc2nc(-c3nc4ncnc(N)c4[nH]3)[nH]c12. The molecule has 0 bridgehead atoms. The lowest BCUT2D eigenvalue weighted by Gasteiger charge is -1.90. The molecule has 4 heterocycles. The molecule has 0 fully saturated rings. The van der Waals surface area contributed by atoms with Crippen LogP contribution in [0, 0.1) is 0 Å². The second-order valence-corrected chi connectivity index (χ2v) is 4.09. The van der Waals surface area contributed by atoms with Gasteiger partial charge in [-0.1, -0.05) is 0 Å². The van der Waals surface area contributed by atoms with Gasteiger partial charge in [-0.3, -0.25) is 0 Å². The van der Waals surface area contributed by atoms with Crippen molar-refractivity contribution < 1.29 is 0 Å². The van der Waals surface area contributed by atoms with Crippen LogP contribution < -0.4 is 11.5 Å². The summed E-state index contributed by atoms with van der Waals surface area (Å²) in [6.07, 6.45) is 2.70. The van der Waals surface area contributed by atoms with E-state index in [0.717, 1.165) is 0 Å². The number of aromatic amines is 2. The summed E-state index contributed by atoms with van der Waals surface area (Å²) in [7, 11) is 0. The Bertz CT molecular complexity index is 858. The molecule has 0 aliphatic carbocycles. The number of hydrogen-bond acceptors (Lipinski definition) is 8. The number of fused-ring (bicyclic) bond motifs is 2. The maximum atomic E-state index is 5.75. The number of nitrogens with zero attached hydrogens (tertiary/aromatic N) is 6. The number of hydrogen-bond donors (Lipinski definition) is 4. The molecule has 0 atom stereocenters. The molecule has 0 saturated heterocycles. The van der Waals surface area contributed by atoms with E-state index in [1.54, 1.807) is 0 Å². The number of nitrogens with one attached hydrogen (secondary N) is 2. The molecular formula is C10H8N10. The normalized spacial score (nSPS) is 11.4. The van der Waals surface area contributed by atoms with E-state index >= 15 is 0 Å². The van der Waals surface area contributed by atoms with Gasteiger partial charge in [-0.15, -0.1) is 0 Å². The van der Waals surface area contributed by atoms with Gasteiger partial charge >= 0.3 is 0 Å². The first kappa shape index (κ1) is 10.6.